The molecule has 2 aromatic carbocycles. The first kappa shape index (κ1) is 22.4. The molecule has 1 atom stereocenters. The highest BCUT2D eigenvalue weighted by atomic mass is 16.5. The summed E-state index contributed by atoms with van der Waals surface area (Å²) in [6.45, 7) is 5.74. The molecule has 3 aromatic rings. The van der Waals surface area contributed by atoms with E-state index < -0.39 is 0 Å². The van der Waals surface area contributed by atoms with Gasteiger partial charge in [-0.2, -0.15) is 4.98 Å². The molecular formula is C25H32N4O2. The first-order valence-electron chi connectivity index (χ1n) is 10.7. The smallest absolute Gasteiger partial charge is 0.227 e. The van der Waals surface area contributed by atoms with Gasteiger partial charge in [0.15, 0.2) is 0 Å². The van der Waals surface area contributed by atoms with Gasteiger partial charge in [-0.05, 0) is 54.8 Å². The fraction of sp³-hybridized carbons (Fsp3) is 0.360. The Morgan fingerprint density at radius 3 is 1.90 bits per heavy atom. The number of hydrogen-bond donors (Lipinski definition) is 1. The summed E-state index contributed by atoms with van der Waals surface area (Å²) in [7, 11) is 3.35. The van der Waals surface area contributed by atoms with Gasteiger partial charge in [0.1, 0.15) is 17.3 Å². The zero-order valence-corrected chi connectivity index (χ0v) is 18.8. The summed E-state index contributed by atoms with van der Waals surface area (Å²) in [6.07, 6.45) is 4.05. The van der Waals surface area contributed by atoms with Crippen molar-refractivity contribution in [2.75, 3.05) is 24.4 Å². The molecule has 3 rings (SSSR count). The molecule has 0 aliphatic carbocycles. The van der Waals surface area contributed by atoms with E-state index in [0.29, 0.717) is 25.1 Å². The van der Waals surface area contributed by atoms with E-state index in [9.17, 15) is 0 Å². The summed E-state index contributed by atoms with van der Waals surface area (Å²) in [6, 6.07) is 18.5. The second-order valence-corrected chi connectivity index (χ2v) is 7.63. The molecular weight excluding hydrogens is 388 g/mol. The SMILES string of the molecule is CCC[C@H](C)Nc1ccnc(N(Cc2ccc(OC)cc2)Cc2ccc(OC)cc2)n1. The first-order valence-corrected chi connectivity index (χ1v) is 10.7. The zero-order valence-electron chi connectivity index (χ0n) is 18.8. The summed E-state index contributed by atoms with van der Waals surface area (Å²) in [5.41, 5.74) is 2.33. The Hall–Kier alpha value is -3.28. The predicted molar refractivity (Wildman–Crippen MR) is 126 cm³/mol. The first-order chi connectivity index (χ1) is 15.1. The number of anilines is 2. The largest absolute Gasteiger partial charge is 0.497 e. The van der Waals surface area contributed by atoms with Crippen molar-refractivity contribution >= 4 is 11.8 Å². The lowest BCUT2D eigenvalue weighted by Crippen LogP contribution is -2.25. The molecule has 0 unspecified atom stereocenters. The predicted octanol–water partition coefficient (Wildman–Crippen LogP) is 5.30. The molecule has 1 heterocycles. The van der Waals surface area contributed by atoms with Crippen molar-refractivity contribution in [2.45, 2.75) is 45.8 Å². The molecule has 0 fully saturated rings. The topological polar surface area (TPSA) is 59.5 Å². The highest BCUT2D eigenvalue weighted by Crippen LogP contribution is 2.21. The highest BCUT2D eigenvalue weighted by molar-refractivity contribution is 5.44. The van der Waals surface area contributed by atoms with E-state index in [1.165, 1.54) is 0 Å². The van der Waals surface area contributed by atoms with Gasteiger partial charge in [0.2, 0.25) is 5.95 Å². The lowest BCUT2D eigenvalue weighted by atomic mass is 10.1. The number of methoxy groups -OCH3 is 2. The van der Waals surface area contributed by atoms with Crippen molar-refractivity contribution in [1.82, 2.24) is 9.97 Å². The van der Waals surface area contributed by atoms with Crippen LogP contribution in [0.15, 0.2) is 60.8 Å². The maximum absolute atomic E-state index is 5.29. The summed E-state index contributed by atoms with van der Waals surface area (Å²) in [4.78, 5) is 11.6. The number of aromatic nitrogens is 2. The van der Waals surface area contributed by atoms with Crippen LogP contribution in [0.3, 0.4) is 0 Å². The van der Waals surface area contributed by atoms with E-state index in [4.69, 9.17) is 14.5 Å². The average Bonchev–Trinajstić information content (AvgIpc) is 2.80. The zero-order chi connectivity index (χ0) is 22.1. The van der Waals surface area contributed by atoms with Crippen LogP contribution < -0.4 is 19.7 Å². The monoisotopic (exact) mass is 420 g/mol. The molecule has 6 nitrogen and oxygen atoms in total. The molecule has 1 aromatic heterocycles. The van der Waals surface area contributed by atoms with Crippen LogP contribution in [0, 0.1) is 0 Å². The van der Waals surface area contributed by atoms with E-state index in [2.05, 4.69) is 53.3 Å². The highest BCUT2D eigenvalue weighted by Gasteiger charge is 2.13. The Labute approximate surface area is 185 Å². The van der Waals surface area contributed by atoms with Crippen molar-refractivity contribution in [3.8, 4) is 11.5 Å². The molecule has 0 aliphatic heterocycles. The Kier molecular flexibility index (Phi) is 8.10. The van der Waals surface area contributed by atoms with Crippen LogP contribution in [0.1, 0.15) is 37.8 Å². The lowest BCUT2D eigenvalue weighted by Gasteiger charge is -2.24. The van der Waals surface area contributed by atoms with Gasteiger partial charge >= 0.3 is 0 Å². The Bertz CT molecular complexity index is 880. The maximum Gasteiger partial charge on any atom is 0.227 e. The lowest BCUT2D eigenvalue weighted by molar-refractivity contribution is 0.414. The Morgan fingerprint density at radius 2 is 1.42 bits per heavy atom. The molecule has 6 heteroatoms. The van der Waals surface area contributed by atoms with Crippen LogP contribution in [-0.2, 0) is 13.1 Å². The third kappa shape index (κ3) is 6.60. The van der Waals surface area contributed by atoms with Crippen LogP contribution in [0.25, 0.3) is 0 Å². The van der Waals surface area contributed by atoms with Crippen molar-refractivity contribution in [1.29, 1.82) is 0 Å². The van der Waals surface area contributed by atoms with Gasteiger partial charge in [-0.25, -0.2) is 4.98 Å². The van der Waals surface area contributed by atoms with Crippen molar-refractivity contribution in [2.24, 2.45) is 0 Å². The number of nitrogens with zero attached hydrogens (tertiary/aromatic N) is 3. The van der Waals surface area contributed by atoms with E-state index in [1.54, 1.807) is 14.2 Å². The summed E-state index contributed by atoms with van der Waals surface area (Å²) < 4.78 is 10.6. The molecule has 0 amide bonds. The van der Waals surface area contributed by atoms with Crippen LogP contribution in [0.2, 0.25) is 0 Å². The van der Waals surface area contributed by atoms with Gasteiger partial charge in [-0.1, -0.05) is 37.6 Å². The van der Waals surface area contributed by atoms with E-state index in [0.717, 1.165) is 41.3 Å². The van der Waals surface area contributed by atoms with Gasteiger partial charge in [0.25, 0.3) is 0 Å². The normalized spacial score (nSPS) is 11.6. The summed E-state index contributed by atoms with van der Waals surface area (Å²) in [5, 5.41) is 3.49. The van der Waals surface area contributed by atoms with Gasteiger partial charge in [0, 0.05) is 25.3 Å². The minimum absolute atomic E-state index is 0.365. The summed E-state index contributed by atoms with van der Waals surface area (Å²) in [5.74, 6) is 3.23. The van der Waals surface area contributed by atoms with E-state index in [-0.39, 0.29) is 0 Å². The van der Waals surface area contributed by atoms with E-state index in [1.807, 2.05) is 36.5 Å². The molecule has 0 saturated heterocycles. The molecule has 0 bridgehead atoms. The van der Waals surface area contributed by atoms with Gasteiger partial charge in [0.05, 0.1) is 14.2 Å². The third-order valence-corrected chi connectivity index (χ3v) is 5.11. The average molecular weight is 421 g/mol. The third-order valence-electron chi connectivity index (χ3n) is 5.11. The molecule has 31 heavy (non-hydrogen) atoms. The quantitative estimate of drug-likeness (QED) is 0.454. The number of ether oxygens (including phenoxy) is 2. The van der Waals surface area contributed by atoms with E-state index >= 15 is 0 Å². The van der Waals surface area contributed by atoms with Gasteiger partial charge in [-0.15, -0.1) is 0 Å². The molecule has 0 radical (unpaired) electrons. The van der Waals surface area contributed by atoms with Crippen molar-refractivity contribution in [3.05, 3.63) is 71.9 Å². The van der Waals surface area contributed by atoms with Crippen LogP contribution in [0.4, 0.5) is 11.8 Å². The minimum Gasteiger partial charge on any atom is -0.497 e. The standard InChI is InChI=1S/C25H32N4O2/c1-5-6-19(2)27-24-15-16-26-25(28-24)29(17-20-7-11-22(30-3)12-8-20)18-21-9-13-23(31-4)14-10-21/h7-16,19H,5-6,17-18H2,1-4H3,(H,26,27,28)/t19-/m0/s1. The molecule has 0 spiro atoms. The van der Waals surface area contributed by atoms with Crippen LogP contribution in [-0.4, -0.2) is 30.2 Å². The van der Waals surface area contributed by atoms with Crippen molar-refractivity contribution in [3.63, 3.8) is 0 Å². The Balaban J connectivity index is 1.84. The molecule has 1 N–H and O–H groups in total. The number of nitrogens with one attached hydrogen (secondary N) is 1. The molecule has 0 saturated carbocycles. The second kappa shape index (κ2) is 11.2. The summed E-state index contributed by atoms with van der Waals surface area (Å²) >= 11 is 0. The number of hydrogen-bond acceptors (Lipinski definition) is 6. The van der Waals surface area contributed by atoms with Gasteiger partial charge in [-0.3, -0.25) is 0 Å². The molecule has 164 valence electrons. The Morgan fingerprint density at radius 1 is 0.871 bits per heavy atom. The fourth-order valence-corrected chi connectivity index (χ4v) is 3.44. The fourth-order valence-electron chi connectivity index (χ4n) is 3.44. The number of benzene rings is 2. The molecule has 0 aliphatic rings. The van der Waals surface area contributed by atoms with Gasteiger partial charge < -0.3 is 19.7 Å². The second-order valence-electron chi connectivity index (χ2n) is 7.63. The van der Waals surface area contributed by atoms with Crippen LogP contribution >= 0.6 is 0 Å². The number of rotatable bonds is 11. The minimum atomic E-state index is 0.365. The maximum atomic E-state index is 5.29. The van der Waals surface area contributed by atoms with Crippen LogP contribution in [0.5, 0.6) is 11.5 Å². The van der Waals surface area contributed by atoms with Crippen molar-refractivity contribution < 1.29 is 9.47 Å².